The second kappa shape index (κ2) is 11.8. The van der Waals surface area contributed by atoms with Gasteiger partial charge in [-0.2, -0.15) is 0 Å². The SMILES string of the molecule is CCCCC(=O)NCCCCNC(=O)[C@H](CC(C)C)NC(=O)[C@@H]1CO1. The number of carbonyl (C=O) groups excluding carboxylic acids is 3. The lowest BCUT2D eigenvalue weighted by Gasteiger charge is -2.19. The maximum absolute atomic E-state index is 12.3. The molecule has 1 rings (SSSR count). The fraction of sp³-hybridized carbons (Fsp3) is 0.833. The first-order chi connectivity index (χ1) is 11.9. The Bertz CT molecular complexity index is 436. The lowest BCUT2D eigenvalue weighted by molar-refractivity contribution is -0.129. The Morgan fingerprint density at radius 2 is 1.72 bits per heavy atom. The van der Waals surface area contributed by atoms with Crippen LogP contribution in [-0.2, 0) is 19.1 Å². The largest absolute Gasteiger partial charge is 0.363 e. The van der Waals surface area contributed by atoms with Crippen LogP contribution in [0.2, 0.25) is 0 Å². The summed E-state index contributed by atoms with van der Waals surface area (Å²) in [5, 5.41) is 8.51. The number of amides is 3. The molecule has 0 aromatic carbocycles. The van der Waals surface area contributed by atoms with E-state index in [0.717, 1.165) is 25.7 Å². The van der Waals surface area contributed by atoms with Crippen LogP contribution in [0.1, 0.15) is 59.3 Å². The highest BCUT2D eigenvalue weighted by Gasteiger charge is 2.34. The van der Waals surface area contributed by atoms with E-state index in [9.17, 15) is 14.4 Å². The summed E-state index contributed by atoms with van der Waals surface area (Å²) in [6.45, 7) is 7.69. The zero-order chi connectivity index (χ0) is 18.7. The van der Waals surface area contributed by atoms with E-state index in [2.05, 4.69) is 22.9 Å². The highest BCUT2D eigenvalue weighted by atomic mass is 16.6. The van der Waals surface area contributed by atoms with Gasteiger partial charge in [0.25, 0.3) is 5.91 Å². The van der Waals surface area contributed by atoms with E-state index in [1.807, 2.05) is 13.8 Å². The highest BCUT2D eigenvalue weighted by Crippen LogP contribution is 2.11. The molecular weight excluding hydrogens is 322 g/mol. The van der Waals surface area contributed by atoms with E-state index >= 15 is 0 Å². The quantitative estimate of drug-likeness (QED) is 0.340. The Morgan fingerprint density at radius 3 is 2.28 bits per heavy atom. The standard InChI is InChI=1S/C18H33N3O4/c1-4-5-8-16(22)19-9-6-7-10-20-17(23)14(11-13(2)3)21-18(24)15-12-25-15/h13-15H,4-12H2,1-3H3,(H,19,22)(H,20,23)(H,21,24)/t14-,15-/m0/s1. The molecule has 0 unspecified atom stereocenters. The zero-order valence-electron chi connectivity index (χ0n) is 15.7. The Kier molecular flexibility index (Phi) is 10.1. The van der Waals surface area contributed by atoms with Crippen LogP contribution in [0.25, 0.3) is 0 Å². The van der Waals surface area contributed by atoms with Gasteiger partial charge in [0.2, 0.25) is 11.8 Å². The first-order valence-electron chi connectivity index (χ1n) is 9.40. The van der Waals surface area contributed by atoms with Gasteiger partial charge in [-0.15, -0.1) is 0 Å². The molecule has 0 radical (unpaired) electrons. The lowest BCUT2D eigenvalue weighted by atomic mass is 10.0. The third-order valence-electron chi connectivity index (χ3n) is 3.95. The summed E-state index contributed by atoms with van der Waals surface area (Å²) in [7, 11) is 0. The predicted molar refractivity (Wildman–Crippen MR) is 95.9 cm³/mol. The molecule has 0 spiro atoms. The molecule has 7 nitrogen and oxygen atoms in total. The van der Waals surface area contributed by atoms with Crippen molar-refractivity contribution in [2.75, 3.05) is 19.7 Å². The van der Waals surface area contributed by atoms with Crippen molar-refractivity contribution in [3.63, 3.8) is 0 Å². The molecule has 3 N–H and O–H groups in total. The van der Waals surface area contributed by atoms with Crippen molar-refractivity contribution >= 4 is 17.7 Å². The van der Waals surface area contributed by atoms with Crippen LogP contribution in [0.3, 0.4) is 0 Å². The van der Waals surface area contributed by atoms with Crippen molar-refractivity contribution in [2.24, 2.45) is 5.92 Å². The van der Waals surface area contributed by atoms with E-state index in [-0.39, 0.29) is 17.7 Å². The van der Waals surface area contributed by atoms with Crippen molar-refractivity contribution < 1.29 is 19.1 Å². The molecule has 0 aromatic heterocycles. The fourth-order valence-electron chi connectivity index (χ4n) is 2.41. The van der Waals surface area contributed by atoms with Crippen LogP contribution in [-0.4, -0.2) is 49.6 Å². The average Bonchev–Trinajstić information content (AvgIpc) is 3.39. The van der Waals surface area contributed by atoms with Gasteiger partial charge in [-0.05, 0) is 31.6 Å². The maximum atomic E-state index is 12.3. The summed E-state index contributed by atoms with van der Waals surface area (Å²) in [6, 6.07) is -0.523. The third-order valence-corrected chi connectivity index (χ3v) is 3.95. The molecule has 1 aliphatic heterocycles. The first-order valence-corrected chi connectivity index (χ1v) is 9.40. The molecular formula is C18H33N3O4. The molecule has 1 aliphatic rings. The normalized spacial score (nSPS) is 17.0. The van der Waals surface area contributed by atoms with Gasteiger partial charge in [-0.25, -0.2) is 0 Å². The van der Waals surface area contributed by atoms with Gasteiger partial charge in [0.05, 0.1) is 6.61 Å². The van der Waals surface area contributed by atoms with Gasteiger partial charge < -0.3 is 20.7 Å². The van der Waals surface area contributed by atoms with Gasteiger partial charge >= 0.3 is 0 Å². The monoisotopic (exact) mass is 355 g/mol. The topological polar surface area (TPSA) is 99.8 Å². The predicted octanol–water partition coefficient (Wildman–Crippen LogP) is 1.12. The molecule has 3 amide bonds. The van der Waals surface area contributed by atoms with Crippen LogP contribution in [0.4, 0.5) is 0 Å². The minimum Gasteiger partial charge on any atom is -0.363 e. The Hall–Kier alpha value is -1.63. The summed E-state index contributed by atoms with van der Waals surface area (Å²) >= 11 is 0. The van der Waals surface area contributed by atoms with E-state index < -0.39 is 12.1 Å². The number of rotatable bonds is 13. The maximum Gasteiger partial charge on any atom is 0.252 e. The van der Waals surface area contributed by atoms with Gasteiger partial charge in [-0.3, -0.25) is 14.4 Å². The number of carbonyl (C=O) groups is 3. The van der Waals surface area contributed by atoms with Crippen LogP contribution in [0.15, 0.2) is 0 Å². The van der Waals surface area contributed by atoms with Crippen molar-refractivity contribution in [1.82, 2.24) is 16.0 Å². The second-order valence-electron chi connectivity index (χ2n) is 6.96. The van der Waals surface area contributed by atoms with Crippen LogP contribution in [0.5, 0.6) is 0 Å². The second-order valence-corrected chi connectivity index (χ2v) is 6.96. The summed E-state index contributed by atoms with van der Waals surface area (Å²) in [5.41, 5.74) is 0. The molecule has 0 aromatic rings. The summed E-state index contributed by atoms with van der Waals surface area (Å²) in [6.07, 6.45) is 4.31. The van der Waals surface area contributed by atoms with Gasteiger partial charge in [0, 0.05) is 19.5 Å². The smallest absolute Gasteiger partial charge is 0.252 e. The van der Waals surface area contributed by atoms with Crippen LogP contribution < -0.4 is 16.0 Å². The molecule has 144 valence electrons. The van der Waals surface area contributed by atoms with Crippen LogP contribution in [0, 0.1) is 5.92 Å². The van der Waals surface area contributed by atoms with Gasteiger partial charge in [0.15, 0.2) is 6.10 Å². The number of ether oxygens (including phenoxy) is 1. The van der Waals surface area contributed by atoms with E-state index in [1.54, 1.807) is 0 Å². The fourth-order valence-corrected chi connectivity index (χ4v) is 2.41. The van der Waals surface area contributed by atoms with Crippen molar-refractivity contribution in [1.29, 1.82) is 0 Å². The molecule has 7 heteroatoms. The number of nitrogens with one attached hydrogen (secondary N) is 3. The Morgan fingerprint density at radius 1 is 1.08 bits per heavy atom. The molecule has 25 heavy (non-hydrogen) atoms. The lowest BCUT2D eigenvalue weighted by Crippen LogP contribution is -2.48. The van der Waals surface area contributed by atoms with Crippen molar-refractivity contribution in [2.45, 2.75) is 71.4 Å². The number of unbranched alkanes of at least 4 members (excludes halogenated alkanes) is 2. The Balaban J connectivity index is 2.18. The van der Waals surface area contributed by atoms with E-state index in [0.29, 0.717) is 38.5 Å². The van der Waals surface area contributed by atoms with E-state index in [1.165, 1.54) is 0 Å². The molecule has 0 bridgehead atoms. The Labute approximate surface area is 150 Å². The summed E-state index contributed by atoms with van der Waals surface area (Å²) in [5.74, 6) is 0.0210. The third kappa shape index (κ3) is 10.1. The van der Waals surface area contributed by atoms with Gasteiger partial charge in [-0.1, -0.05) is 27.2 Å². The molecule has 1 heterocycles. The van der Waals surface area contributed by atoms with Gasteiger partial charge in [0.1, 0.15) is 6.04 Å². The van der Waals surface area contributed by atoms with Crippen molar-refractivity contribution in [3.05, 3.63) is 0 Å². The zero-order valence-corrected chi connectivity index (χ0v) is 15.7. The number of epoxide rings is 1. The average molecular weight is 355 g/mol. The summed E-state index contributed by atoms with van der Waals surface area (Å²) in [4.78, 5) is 35.5. The molecule has 0 aliphatic carbocycles. The van der Waals surface area contributed by atoms with E-state index in [4.69, 9.17) is 4.74 Å². The number of hydrogen-bond donors (Lipinski definition) is 3. The minimum absolute atomic E-state index is 0.0906. The number of hydrogen-bond acceptors (Lipinski definition) is 4. The first kappa shape index (κ1) is 21.4. The minimum atomic E-state index is -0.523. The van der Waals surface area contributed by atoms with Crippen molar-refractivity contribution in [3.8, 4) is 0 Å². The molecule has 1 fully saturated rings. The molecule has 0 saturated carbocycles. The van der Waals surface area contributed by atoms with Crippen LogP contribution >= 0.6 is 0 Å². The summed E-state index contributed by atoms with van der Waals surface area (Å²) < 4.78 is 4.95. The molecule has 1 saturated heterocycles. The highest BCUT2D eigenvalue weighted by molar-refractivity contribution is 5.90. The molecule has 2 atom stereocenters.